The third-order valence-corrected chi connectivity index (χ3v) is 2.41. The number of nitrogens with one attached hydrogen (secondary N) is 1. The standard InChI is InChI=1S/C11H12FN5O3/c1-20-6-5-13-10(18)17-11(19)16(14-15-17)9-4-2-3-8(12)7-9/h2-4,7H,5-6H2,1H3,(H,13,18). The number of amides is 1. The lowest BCUT2D eigenvalue weighted by Crippen LogP contribution is -2.38. The molecular formula is C11H12FN5O3. The summed E-state index contributed by atoms with van der Waals surface area (Å²) in [7, 11) is 1.48. The molecule has 9 heteroatoms. The van der Waals surface area contributed by atoms with Crippen molar-refractivity contribution in [2.75, 3.05) is 20.3 Å². The molecule has 106 valence electrons. The Labute approximate surface area is 112 Å². The van der Waals surface area contributed by atoms with Crippen LogP contribution >= 0.6 is 0 Å². The Balaban J connectivity index is 2.23. The van der Waals surface area contributed by atoms with Crippen LogP contribution in [0.3, 0.4) is 0 Å². The van der Waals surface area contributed by atoms with Crippen molar-refractivity contribution in [1.29, 1.82) is 0 Å². The summed E-state index contributed by atoms with van der Waals surface area (Å²) in [6.45, 7) is 0.535. The smallest absolute Gasteiger partial charge is 0.377 e. The van der Waals surface area contributed by atoms with Crippen molar-refractivity contribution >= 4 is 6.03 Å². The molecule has 1 heterocycles. The van der Waals surface area contributed by atoms with Crippen molar-refractivity contribution in [3.05, 3.63) is 40.6 Å². The van der Waals surface area contributed by atoms with Gasteiger partial charge in [0.2, 0.25) is 0 Å². The fourth-order valence-corrected chi connectivity index (χ4v) is 1.48. The SMILES string of the molecule is COCCNC(=O)n1nnn(-c2cccc(F)c2)c1=O. The Morgan fingerprint density at radius 1 is 1.45 bits per heavy atom. The Morgan fingerprint density at radius 2 is 2.25 bits per heavy atom. The highest BCUT2D eigenvalue weighted by molar-refractivity contribution is 5.75. The first-order valence-corrected chi connectivity index (χ1v) is 5.71. The highest BCUT2D eigenvalue weighted by Crippen LogP contribution is 2.05. The van der Waals surface area contributed by atoms with Crippen LogP contribution in [-0.4, -0.2) is 46.1 Å². The Morgan fingerprint density at radius 3 is 2.95 bits per heavy atom. The van der Waals surface area contributed by atoms with Gasteiger partial charge in [-0.2, -0.15) is 4.68 Å². The molecule has 1 amide bonds. The maximum absolute atomic E-state index is 13.1. The maximum atomic E-state index is 13.1. The van der Waals surface area contributed by atoms with Gasteiger partial charge < -0.3 is 10.1 Å². The van der Waals surface area contributed by atoms with E-state index in [0.717, 1.165) is 10.7 Å². The van der Waals surface area contributed by atoms with Crippen LogP contribution in [0, 0.1) is 5.82 Å². The molecule has 0 aliphatic heterocycles. The summed E-state index contributed by atoms with van der Waals surface area (Å²) in [4.78, 5) is 23.6. The molecule has 0 radical (unpaired) electrons. The monoisotopic (exact) mass is 281 g/mol. The topological polar surface area (TPSA) is 91.0 Å². The zero-order chi connectivity index (χ0) is 14.5. The minimum Gasteiger partial charge on any atom is -0.383 e. The van der Waals surface area contributed by atoms with Gasteiger partial charge in [-0.15, -0.1) is 4.68 Å². The van der Waals surface area contributed by atoms with Crippen LogP contribution in [0.15, 0.2) is 29.1 Å². The van der Waals surface area contributed by atoms with Crippen molar-refractivity contribution in [3.63, 3.8) is 0 Å². The molecule has 0 atom stereocenters. The van der Waals surface area contributed by atoms with Gasteiger partial charge in [-0.25, -0.2) is 14.0 Å². The van der Waals surface area contributed by atoms with Crippen molar-refractivity contribution in [2.45, 2.75) is 0 Å². The number of aromatic nitrogens is 4. The van der Waals surface area contributed by atoms with Crippen molar-refractivity contribution < 1.29 is 13.9 Å². The summed E-state index contributed by atoms with van der Waals surface area (Å²) >= 11 is 0. The van der Waals surface area contributed by atoms with Gasteiger partial charge >= 0.3 is 11.7 Å². The van der Waals surface area contributed by atoms with Gasteiger partial charge in [0.25, 0.3) is 0 Å². The van der Waals surface area contributed by atoms with E-state index in [4.69, 9.17) is 4.74 Å². The summed E-state index contributed by atoms with van der Waals surface area (Å²) < 4.78 is 19.2. The molecule has 0 fully saturated rings. The zero-order valence-corrected chi connectivity index (χ0v) is 10.6. The molecule has 0 unspecified atom stereocenters. The molecule has 0 spiro atoms. The predicted molar refractivity (Wildman–Crippen MR) is 66.2 cm³/mol. The lowest BCUT2D eigenvalue weighted by atomic mass is 10.3. The summed E-state index contributed by atoms with van der Waals surface area (Å²) in [5.41, 5.74) is -0.601. The molecular weight excluding hydrogens is 269 g/mol. The molecule has 0 aliphatic carbocycles. The van der Waals surface area contributed by atoms with E-state index in [1.165, 1.54) is 25.3 Å². The van der Waals surface area contributed by atoms with Crippen molar-refractivity contribution in [1.82, 2.24) is 25.1 Å². The number of tetrazole rings is 1. The number of carbonyl (C=O) groups is 1. The van der Waals surface area contributed by atoms with Gasteiger partial charge in [0, 0.05) is 13.7 Å². The predicted octanol–water partition coefficient (Wildman–Crippen LogP) is -0.228. The van der Waals surface area contributed by atoms with Crippen LogP contribution in [0.25, 0.3) is 5.69 Å². The van der Waals surface area contributed by atoms with Gasteiger partial charge in [-0.05, 0) is 28.6 Å². The van der Waals surface area contributed by atoms with E-state index < -0.39 is 17.5 Å². The number of hydrogen-bond acceptors (Lipinski definition) is 5. The molecule has 8 nitrogen and oxygen atoms in total. The van der Waals surface area contributed by atoms with Crippen LogP contribution in [0.2, 0.25) is 0 Å². The number of benzene rings is 1. The van der Waals surface area contributed by atoms with Gasteiger partial charge in [-0.3, -0.25) is 0 Å². The molecule has 0 aliphatic rings. The number of halogens is 1. The van der Waals surface area contributed by atoms with E-state index >= 15 is 0 Å². The van der Waals surface area contributed by atoms with E-state index in [-0.39, 0.29) is 12.2 Å². The van der Waals surface area contributed by atoms with Crippen LogP contribution in [-0.2, 0) is 4.74 Å². The second-order valence-corrected chi connectivity index (χ2v) is 3.79. The molecule has 1 N–H and O–H groups in total. The van der Waals surface area contributed by atoms with E-state index in [2.05, 4.69) is 15.7 Å². The number of nitrogens with zero attached hydrogens (tertiary/aromatic N) is 4. The molecule has 0 saturated carbocycles. The summed E-state index contributed by atoms with van der Waals surface area (Å²) in [6, 6.07) is 4.52. The van der Waals surface area contributed by atoms with Gasteiger partial charge in [0.05, 0.1) is 12.3 Å². The number of hydrogen-bond donors (Lipinski definition) is 1. The minimum absolute atomic E-state index is 0.186. The quantitative estimate of drug-likeness (QED) is 0.617. The van der Waals surface area contributed by atoms with Gasteiger partial charge in [0.15, 0.2) is 0 Å². The third-order valence-electron chi connectivity index (χ3n) is 2.41. The fraction of sp³-hybridized carbons (Fsp3) is 0.273. The molecule has 1 aromatic heterocycles. The van der Waals surface area contributed by atoms with Crippen LogP contribution in [0.4, 0.5) is 9.18 Å². The van der Waals surface area contributed by atoms with Crippen molar-refractivity contribution in [2.24, 2.45) is 0 Å². The minimum atomic E-state index is -0.787. The summed E-state index contributed by atoms with van der Waals surface area (Å²) in [5.74, 6) is -0.520. The van der Waals surface area contributed by atoms with E-state index in [0.29, 0.717) is 11.3 Å². The largest absolute Gasteiger partial charge is 0.383 e. The Bertz CT molecular complexity index is 666. The van der Waals surface area contributed by atoms with Crippen LogP contribution < -0.4 is 11.0 Å². The number of methoxy groups -OCH3 is 1. The van der Waals surface area contributed by atoms with E-state index in [1.807, 2.05) is 0 Å². The molecule has 0 saturated heterocycles. The Kier molecular flexibility index (Phi) is 4.20. The summed E-state index contributed by atoms with van der Waals surface area (Å²) in [6.07, 6.45) is 0. The van der Waals surface area contributed by atoms with Crippen LogP contribution in [0.1, 0.15) is 0 Å². The molecule has 0 bridgehead atoms. The van der Waals surface area contributed by atoms with Crippen molar-refractivity contribution in [3.8, 4) is 5.69 Å². The highest BCUT2D eigenvalue weighted by Gasteiger charge is 2.14. The maximum Gasteiger partial charge on any atom is 0.377 e. The zero-order valence-electron chi connectivity index (χ0n) is 10.6. The lowest BCUT2D eigenvalue weighted by Gasteiger charge is -2.01. The van der Waals surface area contributed by atoms with Gasteiger partial charge in [-0.1, -0.05) is 6.07 Å². The number of ether oxygens (including phenoxy) is 1. The highest BCUT2D eigenvalue weighted by atomic mass is 19.1. The second kappa shape index (κ2) is 6.06. The average molecular weight is 281 g/mol. The third kappa shape index (κ3) is 2.88. The number of rotatable bonds is 4. The number of carbonyl (C=O) groups excluding carboxylic acids is 1. The first kappa shape index (κ1) is 13.9. The fourth-order valence-electron chi connectivity index (χ4n) is 1.48. The van der Waals surface area contributed by atoms with Crippen LogP contribution in [0.5, 0.6) is 0 Å². The molecule has 2 aromatic rings. The molecule has 20 heavy (non-hydrogen) atoms. The summed E-state index contributed by atoms with van der Waals surface area (Å²) in [5, 5.41) is 9.40. The van der Waals surface area contributed by atoms with Gasteiger partial charge in [0.1, 0.15) is 5.82 Å². The molecule has 1 aromatic carbocycles. The average Bonchev–Trinajstić information content (AvgIpc) is 2.81. The lowest BCUT2D eigenvalue weighted by molar-refractivity contribution is 0.195. The second-order valence-electron chi connectivity index (χ2n) is 3.79. The Hall–Kier alpha value is -2.55. The first-order chi connectivity index (χ1) is 9.63. The normalized spacial score (nSPS) is 10.5. The van der Waals surface area contributed by atoms with E-state index in [1.54, 1.807) is 0 Å². The first-order valence-electron chi connectivity index (χ1n) is 5.71. The molecule has 2 rings (SSSR count). The van der Waals surface area contributed by atoms with E-state index in [9.17, 15) is 14.0 Å².